The zero-order valence-electron chi connectivity index (χ0n) is 12.1. The highest BCUT2D eigenvalue weighted by Crippen LogP contribution is 2.08. The van der Waals surface area contributed by atoms with Gasteiger partial charge in [-0.3, -0.25) is 9.78 Å². The summed E-state index contributed by atoms with van der Waals surface area (Å²) in [6.45, 7) is 3.87. The Morgan fingerprint density at radius 2 is 2.05 bits per heavy atom. The van der Waals surface area contributed by atoms with E-state index in [2.05, 4.69) is 10.3 Å². The van der Waals surface area contributed by atoms with Gasteiger partial charge in [-0.2, -0.15) is 5.26 Å². The topological polar surface area (TPSA) is 65.8 Å². The molecule has 4 nitrogen and oxygen atoms in total. The zero-order chi connectivity index (χ0) is 15.2. The van der Waals surface area contributed by atoms with Crippen LogP contribution in [-0.2, 0) is 6.42 Å². The molecule has 106 valence electrons. The number of amides is 1. The number of carbonyl (C=O) groups is 1. The lowest BCUT2D eigenvalue weighted by atomic mass is 10.1. The maximum absolute atomic E-state index is 12.2. The van der Waals surface area contributed by atoms with Crippen molar-refractivity contribution in [2.75, 3.05) is 0 Å². The Balaban J connectivity index is 2.04. The number of nitrogens with zero attached hydrogens (tertiary/aromatic N) is 2. The molecule has 0 aliphatic heterocycles. The standard InChI is InChI=1S/C17H17N3O/c1-12-6-5-8-15(19-12)10-13(2)20-17(21)16-9-4-3-7-14(16)11-18/h3-9,13H,10H2,1-2H3,(H,20,21). The average molecular weight is 279 g/mol. The third kappa shape index (κ3) is 3.90. The highest BCUT2D eigenvalue weighted by molar-refractivity contribution is 5.96. The number of aromatic nitrogens is 1. The van der Waals surface area contributed by atoms with Crippen LogP contribution in [0.5, 0.6) is 0 Å². The molecule has 0 saturated carbocycles. The molecule has 0 saturated heterocycles. The smallest absolute Gasteiger partial charge is 0.252 e. The number of hydrogen-bond acceptors (Lipinski definition) is 3. The second kappa shape index (κ2) is 6.67. The number of nitrogens with one attached hydrogen (secondary N) is 1. The van der Waals surface area contributed by atoms with Gasteiger partial charge in [0.05, 0.1) is 17.2 Å². The molecule has 1 aromatic carbocycles. The number of aryl methyl sites for hydroxylation is 1. The number of carbonyl (C=O) groups excluding carboxylic acids is 1. The lowest BCUT2D eigenvalue weighted by Crippen LogP contribution is -2.34. The Kier molecular flexibility index (Phi) is 4.68. The highest BCUT2D eigenvalue weighted by Gasteiger charge is 2.14. The first kappa shape index (κ1) is 14.7. The van der Waals surface area contributed by atoms with E-state index >= 15 is 0 Å². The summed E-state index contributed by atoms with van der Waals surface area (Å²) in [5, 5.41) is 11.9. The Hall–Kier alpha value is -2.67. The van der Waals surface area contributed by atoms with Crippen LogP contribution >= 0.6 is 0 Å². The molecule has 0 fully saturated rings. The average Bonchev–Trinajstić information content (AvgIpc) is 2.47. The fraction of sp³-hybridized carbons (Fsp3) is 0.235. The second-order valence-corrected chi connectivity index (χ2v) is 5.01. The van der Waals surface area contributed by atoms with E-state index in [1.807, 2.05) is 38.1 Å². The van der Waals surface area contributed by atoms with Crippen molar-refractivity contribution in [1.82, 2.24) is 10.3 Å². The van der Waals surface area contributed by atoms with Crippen LogP contribution in [0.3, 0.4) is 0 Å². The third-order valence-electron chi connectivity index (χ3n) is 3.13. The van der Waals surface area contributed by atoms with Gasteiger partial charge in [-0.25, -0.2) is 0 Å². The van der Waals surface area contributed by atoms with Crippen molar-refractivity contribution >= 4 is 5.91 Å². The SMILES string of the molecule is Cc1cccc(CC(C)NC(=O)c2ccccc2C#N)n1. The molecular weight excluding hydrogens is 262 g/mol. The molecule has 4 heteroatoms. The first-order valence-electron chi connectivity index (χ1n) is 6.82. The lowest BCUT2D eigenvalue weighted by Gasteiger charge is -2.14. The number of nitriles is 1. The van der Waals surface area contributed by atoms with Crippen molar-refractivity contribution in [1.29, 1.82) is 5.26 Å². The molecule has 1 amide bonds. The Labute approximate surface area is 124 Å². The van der Waals surface area contributed by atoms with E-state index in [4.69, 9.17) is 5.26 Å². The summed E-state index contributed by atoms with van der Waals surface area (Å²) in [5.74, 6) is -0.229. The van der Waals surface area contributed by atoms with Gasteiger partial charge in [-0.05, 0) is 38.1 Å². The first-order valence-corrected chi connectivity index (χ1v) is 6.82. The Morgan fingerprint density at radius 1 is 1.29 bits per heavy atom. The minimum Gasteiger partial charge on any atom is -0.349 e. The summed E-state index contributed by atoms with van der Waals surface area (Å²) in [4.78, 5) is 16.6. The first-order chi connectivity index (χ1) is 10.1. The normalized spacial score (nSPS) is 11.5. The molecule has 1 heterocycles. The van der Waals surface area contributed by atoms with Crippen LogP contribution in [0.1, 0.15) is 34.2 Å². The van der Waals surface area contributed by atoms with E-state index in [1.54, 1.807) is 24.3 Å². The van der Waals surface area contributed by atoms with Crippen molar-refractivity contribution in [2.24, 2.45) is 0 Å². The zero-order valence-corrected chi connectivity index (χ0v) is 12.1. The maximum Gasteiger partial charge on any atom is 0.252 e. The van der Waals surface area contributed by atoms with Gasteiger partial charge in [0.15, 0.2) is 0 Å². The second-order valence-electron chi connectivity index (χ2n) is 5.01. The summed E-state index contributed by atoms with van der Waals surface area (Å²) >= 11 is 0. The quantitative estimate of drug-likeness (QED) is 0.935. The fourth-order valence-corrected chi connectivity index (χ4v) is 2.16. The van der Waals surface area contributed by atoms with Crippen LogP contribution in [0.4, 0.5) is 0 Å². The molecular formula is C17H17N3O. The fourth-order valence-electron chi connectivity index (χ4n) is 2.16. The summed E-state index contributed by atoms with van der Waals surface area (Å²) in [6.07, 6.45) is 0.655. The van der Waals surface area contributed by atoms with E-state index in [1.165, 1.54) is 0 Å². The third-order valence-corrected chi connectivity index (χ3v) is 3.13. The van der Waals surface area contributed by atoms with Crippen molar-refractivity contribution < 1.29 is 4.79 Å². The summed E-state index contributed by atoms with van der Waals surface area (Å²) in [7, 11) is 0. The van der Waals surface area contributed by atoms with Crippen molar-refractivity contribution in [2.45, 2.75) is 26.3 Å². The van der Waals surface area contributed by atoms with Gasteiger partial charge >= 0.3 is 0 Å². The molecule has 0 aliphatic rings. The van der Waals surface area contributed by atoms with E-state index in [0.29, 0.717) is 17.5 Å². The van der Waals surface area contributed by atoms with Crippen LogP contribution in [0.2, 0.25) is 0 Å². The molecule has 2 aromatic rings. The van der Waals surface area contributed by atoms with Crippen molar-refractivity contribution in [3.63, 3.8) is 0 Å². The molecule has 1 aromatic heterocycles. The Bertz CT molecular complexity index is 688. The lowest BCUT2D eigenvalue weighted by molar-refractivity contribution is 0.0939. The largest absolute Gasteiger partial charge is 0.349 e. The summed E-state index contributed by atoms with van der Waals surface area (Å²) < 4.78 is 0. The maximum atomic E-state index is 12.2. The van der Waals surface area contributed by atoms with Crippen molar-refractivity contribution in [3.8, 4) is 6.07 Å². The van der Waals surface area contributed by atoms with E-state index < -0.39 is 0 Å². The molecule has 0 radical (unpaired) electrons. The molecule has 2 rings (SSSR count). The van der Waals surface area contributed by atoms with Gasteiger partial charge in [-0.15, -0.1) is 0 Å². The monoisotopic (exact) mass is 279 g/mol. The summed E-state index contributed by atoms with van der Waals surface area (Å²) in [5.41, 5.74) is 2.69. The van der Waals surface area contributed by atoms with Crippen LogP contribution in [0, 0.1) is 18.3 Å². The predicted molar refractivity (Wildman–Crippen MR) is 80.8 cm³/mol. The number of benzene rings is 1. The van der Waals surface area contributed by atoms with Gasteiger partial charge in [0, 0.05) is 23.9 Å². The predicted octanol–water partition coefficient (Wildman–Crippen LogP) is 2.62. The molecule has 0 spiro atoms. The van der Waals surface area contributed by atoms with E-state index in [-0.39, 0.29) is 11.9 Å². The van der Waals surface area contributed by atoms with Crippen LogP contribution in [0.25, 0.3) is 0 Å². The van der Waals surface area contributed by atoms with Gasteiger partial charge in [0.2, 0.25) is 0 Å². The Morgan fingerprint density at radius 3 is 2.76 bits per heavy atom. The molecule has 21 heavy (non-hydrogen) atoms. The summed E-state index contributed by atoms with van der Waals surface area (Å²) in [6, 6.07) is 14.6. The minimum atomic E-state index is -0.229. The van der Waals surface area contributed by atoms with Gasteiger partial charge in [-0.1, -0.05) is 18.2 Å². The number of hydrogen-bond donors (Lipinski definition) is 1. The molecule has 0 bridgehead atoms. The molecule has 1 atom stereocenters. The molecule has 1 N–H and O–H groups in total. The van der Waals surface area contributed by atoms with Gasteiger partial charge in [0.1, 0.15) is 0 Å². The highest BCUT2D eigenvalue weighted by atomic mass is 16.1. The van der Waals surface area contributed by atoms with Crippen molar-refractivity contribution in [3.05, 3.63) is 65.0 Å². The minimum absolute atomic E-state index is 0.0569. The molecule has 0 aliphatic carbocycles. The van der Waals surface area contributed by atoms with Crippen LogP contribution < -0.4 is 5.32 Å². The molecule has 1 unspecified atom stereocenters. The van der Waals surface area contributed by atoms with E-state index in [9.17, 15) is 4.79 Å². The number of rotatable bonds is 4. The van der Waals surface area contributed by atoms with Gasteiger partial charge in [0.25, 0.3) is 5.91 Å². The van der Waals surface area contributed by atoms with Crippen LogP contribution in [0.15, 0.2) is 42.5 Å². The van der Waals surface area contributed by atoms with Crippen LogP contribution in [-0.4, -0.2) is 16.9 Å². The number of pyridine rings is 1. The van der Waals surface area contributed by atoms with Gasteiger partial charge < -0.3 is 5.32 Å². The van der Waals surface area contributed by atoms with E-state index in [0.717, 1.165) is 11.4 Å².